The third-order valence-corrected chi connectivity index (χ3v) is 11.4. The Kier molecular flexibility index (Phi) is 10.5. The van der Waals surface area contributed by atoms with Crippen LogP contribution in [0.5, 0.6) is 0 Å². The van der Waals surface area contributed by atoms with Crippen LogP contribution in [0.1, 0.15) is 31.9 Å². The molecule has 3 saturated heterocycles. The normalized spacial score (nSPS) is 37.5. The van der Waals surface area contributed by atoms with E-state index in [0.717, 1.165) is 0 Å². The molecule has 2 unspecified atom stereocenters. The van der Waals surface area contributed by atoms with Gasteiger partial charge in [0, 0.05) is 17.8 Å². The highest BCUT2D eigenvalue weighted by Gasteiger charge is 2.54. The number of hydrogen-bond donors (Lipinski definition) is 0. The van der Waals surface area contributed by atoms with E-state index in [0.29, 0.717) is 11.1 Å². The number of ether oxygens (including phenoxy) is 4. The zero-order valence-electron chi connectivity index (χ0n) is 25.0. The zero-order valence-corrected chi connectivity index (χ0v) is 26.8. The summed E-state index contributed by atoms with van der Waals surface area (Å²) >= 11 is 0. The van der Waals surface area contributed by atoms with E-state index < -0.39 is 88.2 Å². The summed E-state index contributed by atoms with van der Waals surface area (Å²) < 4.78 is 74.4. The first kappa shape index (κ1) is 33.0. The van der Waals surface area contributed by atoms with Crippen molar-refractivity contribution in [3.05, 3.63) is 71.8 Å². The highest BCUT2D eigenvalue weighted by molar-refractivity contribution is 7.71. The Labute approximate surface area is 257 Å². The lowest BCUT2D eigenvalue weighted by Gasteiger charge is -2.31. The van der Waals surface area contributed by atoms with Gasteiger partial charge < -0.3 is 18.9 Å². The maximum Gasteiger partial charge on any atom is 0.438 e. The first-order chi connectivity index (χ1) is 21.0. The van der Waals surface area contributed by atoms with Crippen LogP contribution in [0.25, 0.3) is 0 Å². The molecular formula is C29H37BO12P2. The van der Waals surface area contributed by atoms with Crippen molar-refractivity contribution in [1.29, 1.82) is 0 Å². The van der Waals surface area contributed by atoms with E-state index in [1.54, 1.807) is 77.1 Å². The van der Waals surface area contributed by atoms with Crippen LogP contribution in [0.2, 0.25) is 0 Å². The molecule has 2 aromatic rings. The van der Waals surface area contributed by atoms with Crippen LogP contribution >= 0.6 is 15.2 Å². The van der Waals surface area contributed by atoms with Gasteiger partial charge in [0.2, 0.25) is 0 Å². The number of benzene rings is 2. The maximum atomic E-state index is 14.2. The molecule has 5 rings (SSSR count). The van der Waals surface area contributed by atoms with Gasteiger partial charge in [0.1, 0.15) is 45.5 Å². The molecule has 0 amide bonds. The summed E-state index contributed by atoms with van der Waals surface area (Å²) in [6.07, 6.45) is -4.41. The highest BCUT2D eigenvalue weighted by Crippen LogP contribution is 2.58. The first-order valence-corrected chi connectivity index (χ1v) is 17.7. The number of rotatable bonds is 6. The van der Waals surface area contributed by atoms with Crippen molar-refractivity contribution in [2.75, 3.05) is 13.2 Å². The number of carbonyl (C=O) groups excluding carboxylic acids is 2. The second kappa shape index (κ2) is 14.0. The van der Waals surface area contributed by atoms with E-state index in [1.807, 2.05) is 12.1 Å². The van der Waals surface area contributed by atoms with Gasteiger partial charge in [-0.2, -0.15) is 0 Å². The first-order valence-electron chi connectivity index (χ1n) is 14.6. The summed E-state index contributed by atoms with van der Waals surface area (Å²) in [5, 5.41) is 0. The second-order valence-corrected chi connectivity index (χ2v) is 14.9. The monoisotopic (exact) mass is 650 g/mol. The lowest BCUT2D eigenvalue weighted by molar-refractivity contribution is -0.0327. The molecule has 3 aliphatic heterocycles. The molecule has 0 saturated carbocycles. The van der Waals surface area contributed by atoms with Gasteiger partial charge in [-0.3, -0.25) is 18.1 Å². The van der Waals surface area contributed by atoms with Crippen LogP contribution in [-0.4, -0.2) is 69.0 Å². The smallest absolute Gasteiger partial charge is 0.438 e. The Morgan fingerprint density at radius 3 is 1.64 bits per heavy atom. The van der Waals surface area contributed by atoms with Crippen LogP contribution in [0, 0.1) is 11.8 Å². The fourth-order valence-corrected chi connectivity index (χ4v) is 8.21. The van der Waals surface area contributed by atoms with Crippen LogP contribution in [0.4, 0.5) is 9.59 Å². The van der Waals surface area contributed by atoms with Gasteiger partial charge in [-0.1, -0.05) is 74.5 Å². The van der Waals surface area contributed by atoms with Crippen molar-refractivity contribution in [3.63, 3.8) is 0 Å². The quantitative estimate of drug-likeness (QED) is 0.297. The molecule has 3 aliphatic rings. The third kappa shape index (κ3) is 7.38. The molecule has 2 aromatic carbocycles. The van der Waals surface area contributed by atoms with Crippen LogP contribution < -0.4 is 0 Å². The van der Waals surface area contributed by atoms with Crippen molar-refractivity contribution in [1.82, 2.24) is 0 Å². The van der Waals surface area contributed by atoms with Gasteiger partial charge in [0.25, 0.3) is 0 Å². The highest BCUT2D eigenvalue weighted by atomic mass is 31.2. The summed E-state index contributed by atoms with van der Waals surface area (Å²) in [6, 6.07) is 17.4. The molecule has 0 radical (unpaired) electrons. The zero-order chi connectivity index (χ0) is 31.5. The molecule has 0 aliphatic carbocycles. The molecule has 238 valence electrons. The number of hydrogen-bond acceptors (Lipinski definition) is 12. The molecule has 3 fully saturated rings. The molecule has 0 spiro atoms. The van der Waals surface area contributed by atoms with Gasteiger partial charge in [-0.05, 0) is 18.1 Å². The largest absolute Gasteiger partial charge is 0.452 e. The average molecular weight is 650 g/mol. The van der Waals surface area contributed by atoms with Gasteiger partial charge in [-0.25, -0.2) is 18.7 Å². The van der Waals surface area contributed by atoms with Gasteiger partial charge >= 0.3 is 26.6 Å². The molecule has 0 N–H and O–H groups in total. The summed E-state index contributed by atoms with van der Waals surface area (Å²) in [6.45, 7) is 4.14. The summed E-state index contributed by atoms with van der Waals surface area (Å²) in [7, 11) is -7.44. The molecular weight excluding hydrogens is 613 g/mol. The minimum absolute atomic E-state index is 0.149. The predicted octanol–water partition coefficient (Wildman–Crippen LogP) is 5.28. The minimum Gasteiger partial charge on any atom is -0.452 e. The van der Waals surface area contributed by atoms with Crippen molar-refractivity contribution in [2.45, 2.75) is 70.5 Å². The van der Waals surface area contributed by atoms with E-state index in [9.17, 15) is 18.7 Å². The van der Waals surface area contributed by atoms with Gasteiger partial charge in [-0.15, -0.1) is 0 Å². The SMILES string of the molecule is B[C@@H]1O[C@@H]2COP(=O)(C(=O)OCc3ccccc3)O[C@H]3[C@@H](C)[C@H](C)O[C@@H]3COP(=O)(C(=O)OCc3ccccc3)O[C@H]2[C@H]1C. The fraction of sp³-hybridized carbons (Fsp3) is 0.517. The van der Waals surface area contributed by atoms with Crippen molar-refractivity contribution in [3.8, 4) is 0 Å². The molecule has 0 aromatic heterocycles. The molecule has 15 heteroatoms. The Morgan fingerprint density at radius 2 is 1.16 bits per heavy atom. The molecule has 0 bridgehead atoms. The third-order valence-electron chi connectivity index (χ3n) is 8.23. The lowest BCUT2D eigenvalue weighted by Crippen LogP contribution is -2.37. The van der Waals surface area contributed by atoms with E-state index in [4.69, 9.17) is 37.0 Å². The second-order valence-electron chi connectivity index (χ2n) is 11.3. The van der Waals surface area contributed by atoms with Crippen molar-refractivity contribution in [2.24, 2.45) is 11.8 Å². The van der Waals surface area contributed by atoms with E-state index in [1.165, 1.54) is 0 Å². The average Bonchev–Trinajstić information content (AvgIpc) is 3.45. The molecule has 12 nitrogen and oxygen atoms in total. The van der Waals surface area contributed by atoms with Crippen LogP contribution in [0.15, 0.2) is 60.7 Å². The Hall–Kier alpha value is -2.34. The molecule has 3 heterocycles. The van der Waals surface area contributed by atoms with Gasteiger partial charge in [0.15, 0.2) is 0 Å². The topological polar surface area (TPSA) is 142 Å². The molecule has 44 heavy (non-hydrogen) atoms. The predicted molar refractivity (Wildman–Crippen MR) is 160 cm³/mol. The summed E-state index contributed by atoms with van der Waals surface area (Å²) in [5.74, 6) is -0.794. The lowest BCUT2D eigenvalue weighted by atomic mass is 9.86. The number of fused-ring (bicyclic) bond motifs is 2. The van der Waals surface area contributed by atoms with Crippen molar-refractivity contribution >= 4 is 34.5 Å². The molecule has 10 atom stereocenters. The van der Waals surface area contributed by atoms with E-state index in [-0.39, 0.29) is 13.2 Å². The van der Waals surface area contributed by atoms with Crippen molar-refractivity contribution < 1.29 is 55.8 Å². The Bertz CT molecular complexity index is 1290. The fourth-order valence-electron chi connectivity index (χ4n) is 5.27. The Balaban J connectivity index is 1.41. The summed E-state index contributed by atoms with van der Waals surface area (Å²) in [4.78, 5) is 26.6. The van der Waals surface area contributed by atoms with Crippen LogP contribution in [-0.2, 0) is 59.4 Å². The summed E-state index contributed by atoms with van der Waals surface area (Å²) in [5.41, 5.74) is -0.970. The number of carbonyl (C=O) groups is 2. The van der Waals surface area contributed by atoms with E-state index >= 15 is 0 Å². The van der Waals surface area contributed by atoms with Crippen LogP contribution in [0.3, 0.4) is 0 Å². The van der Waals surface area contributed by atoms with Gasteiger partial charge in [0.05, 0.1) is 19.3 Å². The van der Waals surface area contributed by atoms with E-state index in [2.05, 4.69) is 0 Å². The Morgan fingerprint density at radius 1 is 0.727 bits per heavy atom. The minimum atomic E-state index is -4.60. The maximum absolute atomic E-state index is 14.2. The standard InChI is InChI=1S/C29H37BO12P2/c1-18-20(3)39-23-16-37-44(34,29(32)36-15-22-12-8-5-9-13-22)42-26-19(2)27(30)40-24(26)17-38-43(33,41-25(18)23)28(31)35-14-21-10-6-4-7-11-21/h4-13,18-20,23-27H,14-17,30H2,1-3H3/t18-,19+,20-,23+,24+,25-,26-,27+,43?,44?/m0/s1.